The van der Waals surface area contributed by atoms with Crippen molar-refractivity contribution < 1.29 is 18.1 Å². The summed E-state index contributed by atoms with van der Waals surface area (Å²) in [5, 5.41) is 8.53. The van der Waals surface area contributed by atoms with Crippen molar-refractivity contribution in [1.29, 1.82) is 0 Å². The molecule has 0 radical (unpaired) electrons. The van der Waals surface area contributed by atoms with E-state index < -0.39 is 10.1 Å². The molecule has 0 amide bonds. The number of aliphatic hydroxyl groups is 1. The molecule has 21 heavy (non-hydrogen) atoms. The third kappa shape index (κ3) is 7.04. The molecule has 114 valence electrons. The van der Waals surface area contributed by atoms with Gasteiger partial charge in [0.25, 0.3) is 10.1 Å². The standard InChI is InChI=1S/C9H12O.C7H8O3S/c10-8-4-7-9-5-2-1-3-6-9;1-6-2-4-7(5-3-6)11(8,9)10/h1-3,5-6,10H,4,7-8H2;2-5H,1H3,(H,8,9,10). The fourth-order valence-corrected chi connectivity index (χ4v) is 2.12. The average molecular weight is 308 g/mol. The first-order valence-electron chi connectivity index (χ1n) is 6.62. The number of aryl methyl sites for hydroxylation is 2. The summed E-state index contributed by atoms with van der Waals surface area (Å²) >= 11 is 0. The zero-order valence-corrected chi connectivity index (χ0v) is 12.8. The maximum atomic E-state index is 10.5. The topological polar surface area (TPSA) is 74.6 Å². The molecule has 2 aromatic rings. The van der Waals surface area contributed by atoms with Crippen molar-refractivity contribution in [2.24, 2.45) is 0 Å². The highest BCUT2D eigenvalue weighted by atomic mass is 32.2. The van der Waals surface area contributed by atoms with E-state index in [0.29, 0.717) is 0 Å². The Bertz CT molecular complexity index is 619. The van der Waals surface area contributed by atoms with Crippen molar-refractivity contribution >= 4 is 10.1 Å². The lowest BCUT2D eigenvalue weighted by Crippen LogP contribution is -1.96. The molecule has 2 N–H and O–H groups in total. The summed E-state index contributed by atoms with van der Waals surface area (Å²) in [6, 6.07) is 16.2. The van der Waals surface area contributed by atoms with Crippen LogP contribution in [-0.2, 0) is 16.5 Å². The van der Waals surface area contributed by atoms with Gasteiger partial charge in [-0.1, -0.05) is 48.0 Å². The molecule has 2 aromatic carbocycles. The van der Waals surface area contributed by atoms with E-state index >= 15 is 0 Å². The molecule has 0 aromatic heterocycles. The van der Waals surface area contributed by atoms with Crippen LogP contribution in [0.3, 0.4) is 0 Å². The summed E-state index contributed by atoms with van der Waals surface area (Å²) in [5.74, 6) is 0. The van der Waals surface area contributed by atoms with Gasteiger partial charge in [0.2, 0.25) is 0 Å². The molecular weight excluding hydrogens is 288 g/mol. The highest BCUT2D eigenvalue weighted by molar-refractivity contribution is 7.85. The summed E-state index contributed by atoms with van der Waals surface area (Å²) in [6.45, 7) is 2.13. The lowest BCUT2D eigenvalue weighted by molar-refractivity contribution is 0.288. The van der Waals surface area contributed by atoms with Crippen LogP contribution in [0.1, 0.15) is 17.5 Å². The fraction of sp³-hybridized carbons (Fsp3) is 0.250. The lowest BCUT2D eigenvalue weighted by Gasteiger charge is -1.96. The minimum Gasteiger partial charge on any atom is -0.396 e. The maximum absolute atomic E-state index is 10.5. The number of rotatable bonds is 4. The third-order valence-corrected chi connectivity index (χ3v) is 3.65. The molecule has 0 atom stereocenters. The van der Waals surface area contributed by atoms with Gasteiger partial charge >= 0.3 is 0 Å². The van der Waals surface area contributed by atoms with Gasteiger partial charge in [0.15, 0.2) is 0 Å². The van der Waals surface area contributed by atoms with Gasteiger partial charge in [0, 0.05) is 6.61 Å². The third-order valence-electron chi connectivity index (χ3n) is 2.79. The molecule has 0 saturated carbocycles. The second-order valence-corrected chi connectivity index (χ2v) is 6.02. The first-order valence-corrected chi connectivity index (χ1v) is 8.06. The van der Waals surface area contributed by atoms with Gasteiger partial charge in [-0.05, 0) is 37.5 Å². The predicted octanol–water partition coefficient (Wildman–Crippen LogP) is 2.85. The lowest BCUT2D eigenvalue weighted by atomic mass is 10.1. The molecule has 0 aliphatic carbocycles. The largest absolute Gasteiger partial charge is 0.396 e. The molecule has 0 aliphatic rings. The minimum absolute atomic E-state index is 0.0666. The van der Waals surface area contributed by atoms with E-state index in [1.165, 1.54) is 17.7 Å². The van der Waals surface area contributed by atoms with Gasteiger partial charge in [-0.15, -0.1) is 0 Å². The summed E-state index contributed by atoms with van der Waals surface area (Å²) in [5.41, 5.74) is 2.26. The Hall–Kier alpha value is -1.69. The molecule has 0 bridgehead atoms. The van der Waals surface area contributed by atoms with E-state index in [9.17, 15) is 8.42 Å². The molecule has 0 spiro atoms. The van der Waals surface area contributed by atoms with Crippen LogP contribution >= 0.6 is 0 Å². The van der Waals surface area contributed by atoms with Crippen LogP contribution in [0.15, 0.2) is 59.5 Å². The van der Waals surface area contributed by atoms with Crippen LogP contribution in [0, 0.1) is 6.92 Å². The molecule has 2 rings (SSSR count). The van der Waals surface area contributed by atoms with E-state index in [1.54, 1.807) is 12.1 Å². The van der Waals surface area contributed by atoms with E-state index in [4.69, 9.17) is 9.66 Å². The average Bonchev–Trinajstić information content (AvgIpc) is 2.46. The number of hydrogen-bond donors (Lipinski definition) is 2. The van der Waals surface area contributed by atoms with Gasteiger partial charge in [0.05, 0.1) is 4.90 Å². The van der Waals surface area contributed by atoms with E-state index in [-0.39, 0.29) is 11.5 Å². The van der Waals surface area contributed by atoms with Gasteiger partial charge in [-0.2, -0.15) is 8.42 Å². The Balaban J connectivity index is 0.000000211. The SMILES string of the molecule is Cc1ccc(S(=O)(=O)O)cc1.OCCCc1ccccc1. The summed E-state index contributed by atoms with van der Waals surface area (Å²) in [4.78, 5) is -0.0666. The second-order valence-electron chi connectivity index (χ2n) is 4.60. The summed E-state index contributed by atoms with van der Waals surface area (Å²) in [7, 11) is -4.02. The van der Waals surface area contributed by atoms with E-state index in [1.807, 2.05) is 25.1 Å². The van der Waals surface area contributed by atoms with Crippen LogP contribution in [0.4, 0.5) is 0 Å². The number of benzene rings is 2. The van der Waals surface area contributed by atoms with Crippen LogP contribution in [-0.4, -0.2) is 24.7 Å². The molecule has 0 aliphatic heterocycles. The number of aliphatic hydroxyl groups excluding tert-OH is 1. The summed E-state index contributed by atoms with van der Waals surface area (Å²) in [6.07, 6.45) is 1.85. The van der Waals surface area contributed by atoms with Crippen molar-refractivity contribution in [3.63, 3.8) is 0 Å². The molecule has 0 unspecified atom stereocenters. The minimum atomic E-state index is -4.02. The fourth-order valence-electron chi connectivity index (χ4n) is 1.64. The van der Waals surface area contributed by atoms with E-state index in [0.717, 1.165) is 18.4 Å². The van der Waals surface area contributed by atoms with E-state index in [2.05, 4.69) is 12.1 Å². The highest BCUT2D eigenvalue weighted by Crippen LogP contribution is 2.08. The molecule has 0 saturated heterocycles. The van der Waals surface area contributed by atoms with Crippen LogP contribution in [0.25, 0.3) is 0 Å². The van der Waals surface area contributed by atoms with Crippen LogP contribution in [0.5, 0.6) is 0 Å². The highest BCUT2D eigenvalue weighted by Gasteiger charge is 2.06. The monoisotopic (exact) mass is 308 g/mol. The number of hydrogen-bond acceptors (Lipinski definition) is 3. The van der Waals surface area contributed by atoms with Crippen LogP contribution < -0.4 is 0 Å². The van der Waals surface area contributed by atoms with Gasteiger partial charge < -0.3 is 5.11 Å². The Morgan fingerprint density at radius 3 is 2.00 bits per heavy atom. The van der Waals surface area contributed by atoms with Crippen molar-refractivity contribution in [2.45, 2.75) is 24.7 Å². The van der Waals surface area contributed by atoms with Crippen molar-refractivity contribution in [1.82, 2.24) is 0 Å². The van der Waals surface area contributed by atoms with Crippen molar-refractivity contribution in [3.05, 3.63) is 65.7 Å². The molecule has 4 nitrogen and oxygen atoms in total. The Labute approximate surface area is 125 Å². The molecular formula is C16H20O4S. The Morgan fingerprint density at radius 1 is 0.952 bits per heavy atom. The zero-order chi connectivity index (χ0) is 15.7. The Kier molecular flexibility index (Phi) is 7.08. The second kappa shape index (κ2) is 8.56. The first kappa shape index (κ1) is 17.4. The first-order chi connectivity index (χ1) is 9.93. The normalized spacial score (nSPS) is 10.6. The van der Waals surface area contributed by atoms with Crippen molar-refractivity contribution in [2.75, 3.05) is 6.61 Å². The smallest absolute Gasteiger partial charge is 0.294 e. The maximum Gasteiger partial charge on any atom is 0.294 e. The van der Waals surface area contributed by atoms with Gasteiger partial charge in [0.1, 0.15) is 0 Å². The van der Waals surface area contributed by atoms with Crippen LogP contribution in [0.2, 0.25) is 0 Å². The van der Waals surface area contributed by atoms with Gasteiger partial charge in [-0.3, -0.25) is 4.55 Å². The Morgan fingerprint density at radius 2 is 1.52 bits per heavy atom. The summed E-state index contributed by atoms with van der Waals surface area (Å²) < 4.78 is 29.6. The molecule has 0 heterocycles. The molecule has 5 heteroatoms. The van der Waals surface area contributed by atoms with Crippen molar-refractivity contribution in [3.8, 4) is 0 Å². The predicted molar refractivity (Wildman–Crippen MR) is 82.8 cm³/mol. The van der Waals surface area contributed by atoms with Gasteiger partial charge in [-0.25, -0.2) is 0 Å². The quantitative estimate of drug-likeness (QED) is 0.852. The zero-order valence-electron chi connectivity index (χ0n) is 11.9. The molecule has 0 fully saturated rings.